The molecule has 1 fully saturated rings. The molecular weight excluding hydrogens is 543 g/mol. The molecular formula is C28H32F3N5O3S. The molecule has 2 aromatic carbocycles. The topological polar surface area (TPSA) is 94.6 Å². The highest BCUT2D eigenvalue weighted by molar-refractivity contribution is 7.92. The predicted molar refractivity (Wildman–Crippen MR) is 148 cm³/mol. The number of alkyl halides is 3. The molecule has 2 heterocycles. The molecule has 0 spiro atoms. The van der Waals surface area contributed by atoms with Crippen LogP contribution in [-0.2, 0) is 20.5 Å². The van der Waals surface area contributed by atoms with Crippen LogP contribution >= 0.6 is 0 Å². The molecule has 8 nitrogen and oxygen atoms in total. The number of sulfonamides is 1. The van der Waals surface area contributed by atoms with E-state index >= 15 is 13.2 Å². The fourth-order valence-corrected chi connectivity index (χ4v) is 5.60. The van der Waals surface area contributed by atoms with Crippen molar-refractivity contribution in [2.45, 2.75) is 31.6 Å². The number of carbonyl (C=O) groups is 1. The third-order valence-electron chi connectivity index (χ3n) is 7.11. The number of hydrogen-bond donors (Lipinski definition) is 2. The smallest absolute Gasteiger partial charge is 0.369 e. The maximum absolute atomic E-state index is 15.2. The number of carbonyl (C=O) groups excluding carboxylic acids is 1. The maximum atomic E-state index is 15.2. The number of nitrogens with zero attached hydrogens (tertiary/aromatic N) is 3. The van der Waals surface area contributed by atoms with Crippen LogP contribution in [0.3, 0.4) is 0 Å². The highest BCUT2D eigenvalue weighted by Crippen LogP contribution is 2.43. The second kappa shape index (κ2) is 11.5. The van der Waals surface area contributed by atoms with Gasteiger partial charge in [-0.1, -0.05) is 36.4 Å². The van der Waals surface area contributed by atoms with Crippen molar-refractivity contribution in [1.82, 2.24) is 15.2 Å². The van der Waals surface area contributed by atoms with Crippen molar-refractivity contribution in [3.05, 3.63) is 89.7 Å². The molecule has 1 aliphatic rings. The Morgan fingerprint density at radius 2 is 1.68 bits per heavy atom. The van der Waals surface area contributed by atoms with Crippen molar-refractivity contribution >= 4 is 27.3 Å². The zero-order valence-electron chi connectivity index (χ0n) is 22.4. The summed E-state index contributed by atoms with van der Waals surface area (Å²) >= 11 is 0. The lowest BCUT2D eigenvalue weighted by Crippen LogP contribution is -2.69. The summed E-state index contributed by atoms with van der Waals surface area (Å²) in [5.41, 5.74) is -0.750. The second-order valence-corrected chi connectivity index (χ2v) is 11.7. The van der Waals surface area contributed by atoms with Gasteiger partial charge < -0.3 is 10.2 Å². The Kier molecular flexibility index (Phi) is 8.41. The van der Waals surface area contributed by atoms with Crippen LogP contribution < -0.4 is 14.9 Å². The Labute approximate surface area is 232 Å². The van der Waals surface area contributed by atoms with Gasteiger partial charge in [-0.3, -0.25) is 19.4 Å². The van der Waals surface area contributed by atoms with Gasteiger partial charge in [-0.15, -0.1) is 0 Å². The zero-order chi connectivity index (χ0) is 29.1. The van der Waals surface area contributed by atoms with Gasteiger partial charge in [0.2, 0.25) is 21.6 Å². The van der Waals surface area contributed by atoms with Crippen molar-refractivity contribution in [1.29, 1.82) is 0 Å². The normalized spacial score (nSPS) is 17.1. The molecule has 214 valence electrons. The Hall–Kier alpha value is -3.64. The summed E-state index contributed by atoms with van der Waals surface area (Å²) < 4.78 is 71.2. The average Bonchev–Trinajstić information content (AvgIpc) is 2.92. The zero-order valence-corrected chi connectivity index (χ0v) is 23.3. The lowest BCUT2D eigenvalue weighted by Gasteiger charge is -2.49. The fraction of sp³-hybridized carbons (Fsp3) is 0.357. The quantitative estimate of drug-likeness (QED) is 0.418. The van der Waals surface area contributed by atoms with E-state index in [2.05, 4.69) is 15.0 Å². The van der Waals surface area contributed by atoms with Gasteiger partial charge in [0.05, 0.1) is 17.9 Å². The minimum absolute atomic E-state index is 0.0446. The van der Waals surface area contributed by atoms with Crippen LogP contribution in [0.4, 0.5) is 24.5 Å². The molecule has 0 saturated carbocycles. The molecule has 0 bridgehead atoms. The number of pyridine rings is 1. The van der Waals surface area contributed by atoms with Crippen LogP contribution in [0.25, 0.3) is 0 Å². The first-order valence-electron chi connectivity index (χ1n) is 12.7. The largest absolute Gasteiger partial charge is 0.429 e. The van der Waals surface area contributed by atoms with Crippen LogP contribution in [0.15, 0.2) is 73.1 Å². The van der Waals surface area contributed by atoms with E-state index in [4.69, 9.17) is 0 Å². The molecule has 3 aromatic rings. The van der Waals surface area contributed by atoms with Gasteiger partial charge in [0.25, 0.3) is 0 Å². The Balaban J connectivity index is 1.65. The van der Waals surface area contributed by atoms with E-state index in [9.17, 15) is 13.2 Å². The van der Waals surface area contributed by atoms with E-state index in [-0.39, 0.29) is 18.7 Å². The number of anilines is 2. The molecule has 1 amide bonds. The van der Waals surface area contributed by atoms with E-state index in [1.165, 1.54) is 42.3 Å². The molecule has 2 N–H and O–H groups in total. The first kappa shape index (κ1) is 29.3. The van der Waals surface area contributed by atoms with Crippen molar-refractivity contribution < 1.29 is 26.4 Å². The van der Waals surface area contributed by atoms with Gasteiger partial charge >= 0.3 is 6.18 Å². The number of aryl methyl sites for hydroxylation is 1. The van der Waals surface area contributed by atoms with E-state index in [0.717, 1.165) is 18.1 Å². The summed E-state index contributed by atoms with van der Waals surface area (Å²) in [5.74, 6) is -1.79. The van der Waals surface area contributed by atoms with Gasteiger partial charge in [0.15, 0.2) is 0 Å². The van der Waals surface area contributed by atoms with Crippen LogP contribution in [0.1, 0.15) is 29.5 Å². The summed E-state index contributed by atoms with van der Waals surface area (Å²) in [4.78, 5) is 20.8. The number of rotatable bonds is 8. The number of halogens is 3. The molecule has 2 atom stereocenters. The molecule has 0 radical (unpaired) electrons. The maximum Gasteiger partial charge on any atom is 0.429 e. The number of para-hydroxylation sites is 1. The third-order valence-corrected chi connectivity index (χ3v) is 7.70. The highest BCUT2D eigenvalue weighted by atomic mass is 32.2. The lowest BCUT2D eigenvalue weighted by molar-refractivity contribution is -0.251. The van der Waals surface area contributed by atoms with Crippen LogP contribution in [-0.4, -0.2) is 62.8 Å². The minimum Gasteiger partial charge on any atom is -0.369 e. The van der Waals surface area contributed by atoms with E-state index in [1.807, 2.05) is 35.2 Å². The van der Waals surface area contributed by atoms with Gasteiger partial charge in [0, 0.05) is 49.8 Å². The van der Waals surface area contributed by atoms with Crippen LogP contribution in [0.2, 0.25) is 0 Å². The van der Waals surface area contributed by atoms with Crippen molar-refractivity contribution in [3.8, 4) is 0 Å². The van der Waals surface area contributed by atoms with Crippen molar-refractivity contribution in [2.24, 2.45) is 0 Å². The first-order valence-corrected chi connectivity index (χ1v) is 14.6. The van der Waals surface area contributed by atoms with E-state index < -0.39 is 33.7 Å². The molecule has 40 heavy (non-hydrogen) atoms. The number of benzene rings is 2. The molecule has 1 saturated heterocycles. The molecule has 12 heteroatoms. The first-order chi connectivity index (χ1) is 18.8. The summed E-state index contributed by atoms with van der Waals surface area (Å²) in [6.07, 6.45) is -1.33. The van der Waals surface area contributed by atoms with Crippen LogP contribution in [0, 0.1) is 6.92 Å². The number of nitrogens with one attached hydrogen (secondary N) is 2. The highest BCUT2D eigenvalue weighted by Gasteiger charge is 2.61. The lowest BCUT2D eigenvalue weighted by atomic mass is 9.93. The number of hydrogen-bond acceptors (Lipinski definition) is 6. The average molecular weight is 576 g/mol. The Bertz CT molecular complexity index is 1430. The Morgan fingerprint density at radius 3 is 2.23 bits per heavy atom. The standard InChI is InChI=1S/C28H32F3N5O3S/c1-20-18-22(11-12-25(20)34-40(3,38)39)21(2)26(37)33-27(28(29,30)31,23-8-7-13-32-19-23)36-16-14-35(15-17-36)24-9-5-4-6-10-24/h4-13,18-19,21,34H,14-17H2,1-3H3,(H,33,37). The molecule has 1 aromatic heterocycles. The van der Waals surface area contributed by atoms with Crippen LogP contribution in [0.5, 0.6) is 0 Å². The SMILES string of the molecule is Cc1cc(C(C)C(=O)NC(c2cccnc2)(N2CCN(c3ccccc3)CC2)C(F)(F)F)ccc1NS(C)(=O)=O. The number of aromatic nitrogens is 1. The fourth-order valence-electron chi connectivity index (χ4n) is 4.97. The predicted octanol–water partition coefficient (Wildman–Crippen LogP) is 4.22. The summed E-state index contributed by atoms with van der Waals surface area (Å²) in [7, 11) is -3.52. The summed E-state index contributed by atoms with van der Waals surface area (Å²) in [6.45, 7) is 3.93. The Morgan fingerprint density at radius 1 is 1.00 bits per heavy atom. The summed E-state index contributed by atoms with van der Waals surface area (Å²) in [5, 5.41) is 2.37. The second-order valence-electron chi connectivity index (χ2n) is 9.92. The molecule has 0 aliphatic carbocycles. The van der Waals surface area contributed by atoms with Crippen molar-refractivity contribution in [3.63, 3.8) is 0 Å². The number of piperazine rings is 1. The molecule has 4 rings (SSSR count). The van der Waals surface area contributed by atoms with Gasteiger partial charge in [-0.25, -0.2) is 8.42 Å². The molecule has 2 unspecified atom stereocenters. The summed E-state index contributed by atoms with van der Waals surface area (Å²) in [6, 6.07) is 16.8. The minimum atomic E-state index is -4.88. The molecule has 1 aliphatic heterocycles. The third kappa shape index (κ3) is 6.23. The van der Waals surface area contributed by atoms with E-state index in [0.29, 0.717) is 29.9 Å². The van der Waals surface area contributed by atoms with Crippen molar-refractivity contribution in [2.75, 3.05) is 42.1 Å². The monoisotopic (exact) mass is 575 g/mol. The van der Waals surface area contributed by atoms with Gasteiger partial charge in [-0.2, -0.15) is 13.2 Å². The number of amides is 1. The van der Waals surface area contributed by atoms with Gasteiger partial charge in [0.1, 0.15) is 0 Å². The van der Waals surface area contributed by atoms with E-state index in [1.54, 1.807) is 13.0 Å². The van der Waals surface area contributed by atoms with Gasteiger partial charge in [-0.05, 0) is 49.2 Å².